The van der Waals surface area contributed by atoms with Crippen LogP contribution in [0.2, 0.25) is 0 Å². The number of hydrogen-bond donors (Lipinski definition) is 1. The predicted molar refractivity (Wildman–Crippen MR) is 56.7 cm³/mol. The minimum absolute atomic E-state index is 0.0167. The normalized spacial score (nSPS) is 10.1. The summed E-state index contributed by atoms with van der Waals surface area (Å²) in [5.41, 5.74) is 1.08. The SMILES string of the molecule is CNC(=O)Cn1c(C)c(C)sc1=S. The molecule has 0 aliphatic rings. The summed E-state index contributed by atoms with van der Waals surface area (Å²) in [7, 11) is 1.63. The lowest BCUT2D eigenvalue weighted by molar-refractivity contribution is -0.121. The van der Waals surface area contributed by atoms with Crippen LogP contribution in [0.1, 0.15) is 10.6 Å². The molecule has 0 fully saturated rings. The second kappa shape index (κ2) is 4.02. The highest BCUT2D eigenvalue weighted by Crippen LogP contribution is 2.16. The van der Waals surface area contributed by atoms with Crippen molar-refractivity contribution in [3.63, 3.8) is 0 Å². The molecule has 0 aliphatic heterocycles. The van der Waals surface area contributed by atoms with Crippen LogP contribution in [0.3, 0.4) is 0 Å². The first-order chi connectivity index (χ1) is 6.06. The molecule has 0 saturated carbocycles. The van der Waals surface area contributed by atoms with Crippen LogP contribution in [0, 0.1) is 17.8 Å². The first kappa shape index (κ1) is 10.4. The van der Waals surface area contributed by atoms with Gasteiger partial charge in [0.2, 0.25) is 5.91 Å². The highest BCUT2D eigenvalue weighted by Gasteiger charge is 2.07. The van der Waals surface area contributed by atoms with Crippen LogP contribution < -0.4 is 5.32 Å². The smallest absolute Gasteiger partial charge is 0.239 e. The lowest BCUT2D eigenvalue weighted by Gasteiger charge is -2.03. The van der Waals surface area contributed by atoms with Crippen molar-refractivity contribution in [3.05, 3.63) is 14.5 Å². The van der Waals surface area contributed by atoms with Crippen LogP contribution in [0.5, 0.6) is 0 Å². The first-order valence-electron chi connectivity index (χ1n) is 3.93. The zero-order valence-electron chi connectivity index (χ0n) is 7.88. The number of aromatic nitrogens is 1. The molecule has 0 unspecified atom stereocenters. The minimum Gasteiger partial charge on any atom is -0.358 e. The van der Waals surface area contributed by atoms with Gasteiger partial charge in [-0.2, -0.15) is 0 Å². The number of carbonyl (C=O) groups excluding carboxylic acids is 1. The Morgan fingerprint density at radius 1 is 1.62 bits per heavy atom. The summed E-state index contributed by atoms with van der Waals surface area (Å²) in [6.45, 7) is 4.31. The van der Waals surface area contributed by atoms with Gasteiger partial charge in [0, 0.05) is 17.6 Å². The van der Waals surface area contributed by atoms with Crippen LogP contribution >= 0.6 is 23.6 Å². The van der Waals surface area contributed by atoms with E-state index in [4.69, 9.17) is 12.2 Å². The standard InChI is InChI=1S/C8H12N2OS2/c1-5-6(2)13-8(12)10(5)4-7(11)9-3/h4H2,1-3H3,(H,9,11). The van der Waals surface area contributed by atoms with Crippen LogP contribution in [-0.2, 0) is 11.3 Å². The van der Waals surface area contributed by atoms with E-state index in [1.807, 2.05) is 18.4 Å². The molecule has 5 heteroatoms. The van der Waals surface area contributed by atoms with Gasteiger partial charge in [-0.3, -0.25) is 4.79 Å². The largest absolute Gasteiger partial charge is 0.358 e. The third-order valence-corrected chi connectivity index (χ3v) is 3.42. The van der Waals surface area contributed by atoms with Crippen LogP contribution in [0.4, 0.5) is 0 Å². The fraction of sp³-hybridized carbons (Fsp3) is 0.500. The van der Waals surface area contributed by atoms with Gasteiger partial charge < -0.3 is 9.88 Å². The van der Waals surface area contributed by atoms with Gasteiger partial charge in [0.15, 0.2) is 3.95 Å². The maximum atomic E-state index is 11.1. The molecule has 13 heavy (non-hydrogen) atoms. The number of likely N-dealkylation sites (N-methyl/N-ethyl adjacent to an activating group) is 1. The average molecular weight is 216 g/mol. The molecule has 0 bridgehead atoms. The van der Waals surface area contributed by atoms with Gasteiger partial charge >= 0.3 is 0 Å². The summed E-state index contributed by atoms with van der Waals surface area (Å²) in [5, 5.41) is 2.58. The van der Waals surface area contributed by atoms with Gasteiger partial charge in [0.05, 0.1) is 0 Å². The Morgan fingerprint density at radius 2 is 2.23 bits per heavy atom. The van der Waals surface area contributed by atoms with Crippen LogP contribution in [0.15, 0.2) is 0 Å². The van der Waals surface area contributed by atoms with Gasteiger partial charge in [-0.15, -0.1) is 11.3 Å². The molecule has 1 heterocycles. The highest BCUT2D eigenvalue weighted by atomic mass is 32.1. The van der Waals surface area contributed by atoms with Crippen molar-refractivity contribution in [1.82, 2.24) is 9.88 Å². The second-order valence-corrected chi connectivity index (χ2v) is 4.62. The minimum atomic E-state index is -0.0167. The molecule has 0 aromatic carbocycles. The Morgan fingerprint density at radius 3 is 2.62 bits per heavy atom. The van der Waals surface area contributed by atoms with Gasteiger partial charge in [-0.05, 0) is 26.1 Å². The lowest BCUT2D eigenvalue weighted by Crippen LogP contribution is -2.23. The van der Waals surface area contributed by atoms with Crippen molar-refractivity contribution >= 4 is 29.5 Å². The van der Waals surface area contributed by atoms with Crippen molar-refractivity contribution in [2.24, 2.45) is 0 Å². The Kier molecular flexibility index (Phi) is 3.22. The summed E-state index contributed by atoms with van der Waals surface area (Å²) < 4.78 is 2.62. The molecule has 1 N–H and O–H groups in total. The highest BCUT2D eigenvalue weighted by molar-refractivity contribution is 7.73. The average Bonchev–Trinajstić information content (AvgIpc) is 2.32. The molecule has 1 aromatic heterocycles. The molecule has 0 aliphatic carbocycles. The third-order valence-electron chi connectivity index (χ3n) is 1.96. The Bertz CT molecular complexity index is 378. The van der Waals surface area contributed by atoms with Crippen molar-refractivity contribution in [2.75, 3.05) is 7.05 Å². The molecule has 1 rings (SSSR count). The molecule has 0 spiro atoms. The summed E-state index contributed by atoms with van der Waals surface area (Å²) in [4.78, 5) is 12.3. The zero-order valence-corrected chi connectivity index (χ0v) is 9.51. The molecule has 0 atom stereocenters. The molecule has 1 amide bonds. The monoisotopic (exact) mass is 216 g/mol. The molecule has 1 aromatic rings. The molecule has 72 valence electrons. The Balaban J connectivity index is 3.01. The van der Waals surface area contributed by atoms with Crippen LogP contribution in [-0.4, -0.2) is 17.5 Å². The zero-order chi connectivity index (χ0) is 10.0. The van der Waals surface area contributed by atoms with Gasteiger partial charge in [-0.25, -0.2) is 0 Å². The van der Waals surface area contributed by atoms with E-state index in [0.717, 1.165) is 9.65 Å². The number of amides is 1. The number of nitrogens with one attached hydrogen (secondary N) is 1. The maximum absolute atomic E-state index is 11.1. The number of thiazole rings is 1. The Hall–Kier alpha value is -0.680. The van der Waals surface area contributed by atoms with E-state index in [-0.39, 0.29) is 5.91 Å². The topological polar surface area (TPSA) is 34.0 Å². The fourth-order valence-corrected chi connectivity index (χ4v) is 2.40. The van der Waals surface area contributed by atoms with Crippen molar-refractivity contribution < 1.29 is 4.79 Å². The summed E-state index contributed by atoms with van der Waals surface area (Å²) in [6, 6.07) is 0. The van der Waals surface area contributed by atoms with Crippen molar-refractivity contribution in [1.29, 1.82) is 0 Å². The number of rotatable bonds is 2. The molecule has 3 nitrogen and oxygen atoms in total. The van der Waals surface area contributed by atoms with Gasteiger partial charge in [-0.1, -0.05) is 0 Å². The number of hydrogen-bond acceptors (Lipinski definition) is 3. The van der Waals surface area contributed by atoms with Gasteiger partial charge in [0.1, 0.15) is 6.54 Å². The van der Waals surface area contributed by atoms with Crippen LogP contribution in [0.25, 0.3) is 0 Å². The maximum Gasteiger partial charge on any atom is 0.239 e. The third kappa shape index (κ3) is 2.16. The van der Waals surface area contributed by atoms with E-state index in [1.165, 1.54) is 4.88 Å². The Labute approximate surface area is 86.4 Å². The van der Waals surface area contributed by atoms with E-state index in [0.29, 0.717) is 6.54 Å². The van der Waals surface area contributed by atoms with Crippen molar-refractivity contribution in [2.45, 2.75) is 20.4 Å². The summed E-state index contributed by atoms with van der Waals surface area (Å²) in [5.74, 6) is -0.0167. The summed E-state index contributed by atoms with van der Waals surface area (Å²) in [6.07, 6.45) is 0. The van der Waals surface area contributed by atoms with E-state index in [2.05, 4.69) is 5.32 Å². The molecule has 0 saturated heterocycles. The number of carbonyl (C=O) groups is 1. The lowest BCUT2D eigenvalue weighted by atomic mass is 10.4. The number of nitrogens with zero attached hydrogens (tertiary/aromatic N) is 1. The van der Waals surface area contributed by atoms with E-state index in [1.54, 1.807) is 18.4 Å². The molecule has 0 radical (unpaired) electrons. The summed E-state index contributed by atoms with van der Waals surface area (Å²) >= 11 is 6.67. The van der Waals surface area contributed by atoms with Gasteiger partial charge in [0.25, 0.3) is 0 Å². The molecular formula is C8H12N2OS2. The number of aryl methyl sites for hydroxylation is 1. The van der Waals surface area contributed by atoms with Crippen molar-refractivity contribution in [3.8, 4) is 0 Å². The first-order valence-corrected chi connectivity index (χ1v) is 5.16. The fourth-order valence-electron chi connectivity index (χ4n) is 0.993. The van der Waals surface area contributed by atoms with E-state index in [9.17, 15) is 4.79 Å². The second-order valence-electron chi connectivity index (χ2n) is 2.77. The quantitative estimate of drug-likeness (QED) is 0.763. The van der Waals surface area contributed by atoms with E-state index >= 15 is 0 Å². The predicted octanol–water partition coefficient (Wildman–Crippen LogP) is 1.64. The van der Waals surface area contributed by atoms with E-state index < -0.39 is 0 Å². The molecular weight excluding hydrogens is 204 g/mol.